The van der Waals surface area contributed by atoms with Crippen molar-refractivity contribution in [2.45, 2.75) is 0 Å². The summed E-state index contributed by atoms with van der Waals surface area (Å²) < 4.78 is 8.02. The smallest absolute Gasteiger partial charge is 0.227 e. The minimum Gasteiger partial charge on any atom is -0.508 e. The number of methoxy groups -OCH3 is 1. The second kappa shape index (κ2) is 6.88. The Labute approximate surface area is 163 Å². The van der Waals surface area contributed by atoms with Crippen LogP contribution in [0.25, 0.3) is 22.0 Å². The second-order valence-corrected chi connectivity index (χ2v) is 6.95. The summed E-state index contributed by atoms with van der Waals surface area (Å²) in [5.41, 5.74) is 3.12. The lowest BCUT2D eigenvalue weighted by Gasteiger charge is -2.10. The summed E-state index contributed by atoms with van der Waals surface area (Å²) in [6, 6.07) is 8.99. The molecule has 2 N–H and O–H groups in total. The average Bonchev–Trinajstić information content (AvgIpc) is 3.07. The lowest BCUT2D eigenvalue weighted by atomic mass is 10.1. The number of hydrogen-bond donors (Lipinski definition) is 2. The Kier molecular flexibility index (Phi) is 4.41. The van der Waals surface area contributed by atoms with Crippen LogP contribution in [0.15, 0.2) is 53.4 Å². The minimum absolute atomic E-state index is 0.140. The molecule has 0 unspecified atom stereocenters. The van der Waals surface area contributed by atoms with Crippen molar-refractivity contribution in [1.29, 1.82) is 0 Å². The van der Waals surface area contributed by atoms with Gasteiger partial charge in [0.15, 0.2) is 0 Å². The van der Waals surface area contributed by atoms with E-state index in [2.05, 4.69) is 36.3 Å². The molecule has 0 bridgehead atoms. The third kappa shape index (κ3) is 3.56. The SMILES string of the molecule is COc1cc(Br)cc2cnc(Nc3cc(O)cc(-c4cnn(C)c4)c3)nc12. The van der Waals surface area contributed by atoms with Crippen molar-refractivity contribution in [1.82, 2.24) is 19.7 Å². The Hall–Kier alpha value is -3.13. The first-order valence-corrected chi connectivity index (χ1v) is 8.91. The van der Waals surface area contributed by atoms with Crippen LogP contribution in [0.3, 0.4) is 0 Å². The molecule has 4 aromatic rings. The number of halogens is 1. The van der Waals surface area contributed by atoms with Crippen molar-refractivity contribution in [2.24, 2.45) is 7.05 Å². The van der Waals surface area contributed by atoms with Crippen molar-refractivity contribution in [3.05, 3.63) is 53.4 Å². The molecule has 2 aromatic heterocycles. The van der Waals surface area contributed by atoms with Crippen LogP contribution in [0, 0.1) is 0 Å². The first kappa shape index (κ1) is 17.3. The zero-order valence-electron chi connectivity index (χ0n) is 14.6. The number of anilines is 2. The number of hydrogen-bond acceptors (Lipinski definition) is 6. The number of fused-ring (bicyclic) bond motifs is 1. The van der Waals surface area contributed by atoms with E-state index < -0.39 is 0 Å². The van der Waals surface area contributed by atoms with E-state index in [4.69, 9.17) is 4.74 Å². The highest BCUT2D eigenvalue weighted by Gasteiger charge is 2.10. The maximum atomic E-state index is 10.1. The molecular weight excluding hydrogens is 410 g/mol. The predicted molar refractivity (Wildman–Crippen MR) is 107 cm³/mol. The maximum Gasteiger partial charge on any atom is 0.227 e. The number of rotatable bonds is 4. The van der Waals surface area contributed by atoms with Crippen LogP contribution in [0.5, 0.6) is 11.5 Å². The molecule has 0 radical (unpaired) electrons. The Bertz CT molecular complexity index is 1140. The number of aromatic hydroxyl groups is 1. The molecule has 0 aliphatic carbocycles. The third-order valence-corrected chi connectivity index (χ3v) is 4.50. The van der Waals surface area contributed by atoms with Gasteiger partial charge in [0.2, 0.25) is 5.95 Å². The largest absolute Gasteiger partial charge is 0.508 e. The van der Waals surface area contributed by atoms with E-state index in [0.29, 0.717) is 22.9 Å². The van der Waals surface area contributed by atoms with Gasteiger partial charge in [0.25, 0.3) is 0 Å². The number of aryl methyl sites for hydroxylation is 1. The second-order valence-electron chi connectivity index (χ2n) is 6.04. The number of benzene rings is 2. The van der Waals surface area contributed by atoms with Crippen LogP contribution >= 0.6 is 15.9 Å². The van der Waals surface area contributed by atoms with Crippen molar-refractivity contribution >= 4 is 38.5 Å². The monoisotopic (exact) mass is 425 g/mol. The van der Waals surface area contributed by atoms with Gasteiger partial charge < -0.3 is 15.2 Å². The van der Waals surface area contributed by atoms with Crippen LogP contribution in [-0.2, 0) is 7.05 Å². The Morgan fingerprint density at radius 2 is 1.96 bits per heavy atom. The van der Waals surface area contributed by atoms with E-state index in [1.54, 1.807) is 36.3 Å². The lowest BCUT2D eigenvalue weighted by Crippen LogP contribution is -1.98. The summed E-state index contributed by atoms with van der Waals surface area (Å²) in [5, 5.41) is 18.3. The number of nitrogens with zero attached hydrogens (tertiary/aromatic N) is 4. The number of phenols is 1. The Morgan fingerprint density at radius 3 is 2.70 bits per heavy atom. The van der Waals surface area contributed by atoms with Crippen molar-refractivity contribution in [2.75, 3.05) is 12.4 Å². The molecule has 0 fully saturated rings. The Balaban J connectivity index is 1.71. The van der Waals surface area contributed by atoms with E-state index in [1.165, 1.54) is 0 Å². The molecule has 8 heteroatoms. The minimum atomic E-state index is 0.140. The van der Waals surface area contributed by atoms with Gasteiger partial charge in [0.1, 0.15) is 17.0 Å². The highest BCUT2D eigenvalue weighted by Crippen LogP contribution is 2.31. The average molecular weight is 426 g/mol. The summed E-state index contributed by atoms with van der Waals surface area (Å²) in [7, 11) is 3.45. The Morgan fingerprint density at radius 1 is 1.11 bits per heavy atom. The van der Waals surface area contributed by atoms with Gasteiger partial charge in [0.05, 0.1) is 13.3 Å². The number of ether oxygens (including phenoxy) is 1. The number of phenolic OH excluding ortho intramolecular Hbond substituents is 1. The lowest BCUT2D eigenvalue weighted by molar-refractivity contribution is 0.418. The van der Waals surface area contributed by atoms with Crippen LogP contribution in [0.4, 0.5) is 11.6 Å². The van der Waals surface area contributed by atoms with Gasteiger partial charge in [-0.15, -0.1) is 0 Å². The standard InChI is InChI=1S/C19H16BrN5O2/c1-25-10-13(9-22-25)11-4-15(7-16(26)5-11)23-19-21-8-12-3-14(20)6-17(27-2)18(12)24-19/h3-10,26H,1-2H3,(H,21,23,24). The third-order valence-electron chi connectivity index (χ3n) is 4.04. The highest BCUT2D eigenvalue weighted by molar-refractivity contribution is 9.10. The fourth-order valence-corrected chi connectivity index (χ4v) is 3.30. The molecule has 4 rings (SSSR count). The first-order valence-electron chi connectivity index (χ1n) is 8.12. The van der Waals surface area contributed by atoms with Crippen molar-refractivity contribution in [3.63, 3.8) is 0 Å². The molecule has 0 saturated heterocycles. The molecule has 0 aliphatic heterocycles. The fourth-order valence-electron chi connectivity index (χ4n) is 2.84. The van der Waals surface area contributed by atoms with Crippen molar-refractivity contribution in [3.8, 4) is 22.6 Å². The van der Waals surface area contributed by atoms with Crippen LogP contribution in [-0.4, -0.2) is 32.0 Å². The first-order chi connectivity index (χ1) is 13.0. The van der Waals surface area contributed by atoms with E-state index >= 15 is 0 Å². The number of nitrogens with one attached hydrogen (secondary N) is 1. The van der Waals surface area contributed by atoms with E-state index in [1.807, 2.05) is 31.4 Å². The van der Waals surface area contributed by atoms with Gasteiger partial charge in [-0.05, 0) is 29.8 Å². The van der Waals surface area contributed by atoms with Gasteiger partial charge in [-0.2, -0.15) is 5.10 Å². The molecule has 136 valence electrons. The topological polar surface area (TPSA) is 85.1 Å². The van der Waals surface area contributed by atoms with Crippen LogP contribution in [0.2, 0.25) is 0 Å². The molecule has 7 nitrogen and oxygen atoms in total. The van der Waals surface area contributed by atoms with E-state index in [-0.39, 0.29) is 5.75 Å². The van der Waals surface area contributed by atoms with Crippen LogP contribution < -0.4 is 10.1 Å². The van der Waals surface area contributed by atoms with Gasteiger partial charge >= 0.3 is 0 Å². The normalized spacial score (nSPS) is 10.9. The zero-order chi connectivity index (χ0) is 19.0. The molecule has 0 amide bonds. The van der Waals surface area contributed by atoms with Crippen LogP contribution in [0.1, 0.15) is 0 Å². The summed E-state index contributed by atoms with van der Waals surface area (Å²) >= 11 is 3.45. The van der Waals surface area contributed by atoms with Gasteiger partial charge in [-0.3, -0.25) is 4.68 Å². The maximum absolute atomic E-state index is 10.1. The van der Waals surface area contributed by atoms with Gasteiger partial charge in [-0.1, -0.05) is 15.9 Å². The molecule has 0 atom stereocenters. The van der Waals surface area contributed by atoms with Gasteiger partial charge in [-0.25, -0.2) is 9.97 Å². The van der Waals surface area contributed by atoms with E-state index in [9.17, 15) is 5.11 Å². The van der Waals surface area contributed by atoms with E-state index in [0.717, 1.165) is 21.0 Å². The van der Waals surface area contributed by atoms with Crippen molar-refractivity contribution < 1.29 is 9.84 Å². The summed E-state index contributed by atoms with van der Waals surface area (Å²) in [6.07, 6.45) is 5.35. The molecule has 0 spiro atoms. The summed E-state index contributed by atoms with van der Waals surface area (Å²) in [6.45, 7) is 0. The highest BCUT2D eigenvalue weighted by atomic mass is 79.9. The molecule has 0 saturated carbocycles. The quantitative estimate of drug-likeness (QED) is 0.508. The predicted octanol–water partition coefficient (Wildman–Crippen LogP) is 4.25. The molecule has 2 heterocycles. The van der Waals surface area contributed by atoms with Gasteiger partial charge in [0, 0.05) is 46.6 Å². The summed E-state index contributed by atoms with van der Waals surface area (Å²) in [4.78, 5) is 8.91. The zero-order valence-corrected chi connectivity index (χ0v) is 16.2. The molecular formula is C19H16BrN5O2. The fraction of sp³-hybridized carbons (Fsp3) is 0.105. The number of aromatic nitrogens is 4. The molecule has 2 aromatic carbocycles. The molecule has 27 heavy (non-hydrogen) atoms. The molecule has 0 aliphatic rings. The summed E-state index contributed by atoms with van der Waals surface area (Å²) in [5.74, 6) is 1.20.